The number of H-pyrrole nitrogens is 1. The molecule has 2 aliphatic heterocycles. The Morgan fingerprint density at radius 3 is 2.95 bits per heavy atom. The Hall–Kier alpha value is -2.65. The van der Waals surface area contributed by atoms with E-state index in [0.717, 1.165) is 4.90 Å². The van der Waals surface area contributed by atoms with E-state index in [1.807, 2.05) is 0 Å². The van der Waals surface area contributed by atoms with Crippen molar-refractivity contribution >= 4 is 24.1 Å². The van der Waals surface area contributed by atoms with E-state index in [2.05, 4.69) is 25.6 Å². The maximum atomic E-state index is 12.3. The monoisotopic (exact) mass is 263 g/mol. The molecule has 0 radical (unpaired) electrons. The summed E-state index contributed by atoms with van der Waals surface area (Å²) in [6.07, 6.45) is 1.53. The number of nitrogens with one attached hydrogen (secondary N) is 1. The highest BCUT2D eigenvalue weighted by atomic mass is 16.2. The molecule has 3 amide bonds. The average Bonchev–Trinajstić information content (AvgIpc) is 3.01. The van der Waals surface area contributed by atoms with Gasteiger partial charge in [0, 0.05) is 7.05 Å². The van der Waals surface area contributed by atoms with Crippen LogP contribution in [0.4, 0.5) is 4.79 Å². The molecular formula is C9H11N8O2+. The summed E-state index contributed by atoms with van der Waals surface area (Å²) in [5, 5.41) is 13.2. The lowest BCUT2D eigenvalue weighted by Gasteiger charge is -2.31. The molecule has 2 aliphatic rings. The summed E-state index contributed by atoms with van der Waals surface area (Å²) >= 11 is 0. The van der Waals surface area contributed by atoms with Crippen LogP contribution in [-0.4, -0.2) is 79.2 Å². The molecule has 1 aromatic rings. The summed E-state index contributed by atoms with van der Waals surface area (Å²) in [5.41, 5.74) is 0. The summed E-state index contributed by atoms with van der Waals surface area (Å²) in [6, 6.07) is -1.02. The maximum absolute atomic E-state index is 12.3. The van der Waals surface area contributed by atoms with Crippen molar-refractivity contribution in [3.63, 3.8) is 0 Å². The Labute approximate surface area is 107 Å². The number of fused-ring (bicyclic) bond motifs is 1. The van der Waals surface area contributed by atoms with E-state index in [-0.39, 0.29) is 18.3 Å². The number of tetrazole rings is 1. The molecule has 1 unspecified atom stereocenters. The number of aromatic amines is 1. The van der Waals surface area contributed by atoms with E-state index < -0.39 is 12.1 Å². The summed E-state index contributed by atoms with van der Waals surface area (Å²) in [7, 11) is 3.31. The zero-order valence-electron chi connectivity index (χ0n) is 10.3. The van der Waals surface area contributed by atoms with Gasteiger partial charge in [-0.05, 0) is 4.99 Å². The molecule has 0 aromatic carbocycles. The number of amides is 3. The van der Waals surface area contributed by atoms with Crippen LogP contribution >= 0.6 is 0 Å². The third-order valence-corrected chi connectivity index (χ3v) is 3.07. The second kappa shape index (κ2) is 3.93. The molecular weight excluding hydrogens is 252 g/mol. The number of imide groups is 1. The van der Waals surface area contributed by atoms with E-state index in [4.69, 9.17) is 0 Å². The van der Waals surface area contributed by atoms with E-state index in [1.165, 1.54) is 11.2 Å². The van der Waals surface area contributed by atoms with Crippen LogP contribution in [0.15, 0.2) is 4.99 Å². The van der Waals surface area contributed by atoms with Crippen molar-refractivity contribution in [2.45, 2.75) is 12.6 Å². The number of carbonyl (C=O) groups excluding carboxylic acids is 2. The SMILES string of the molecule is CN1C(=O)N(Cc2nn[nH]n2)C(=O)C2C1=NC=[N+]2C. The first-order valence-corrected chi connectivity index (χ1v) is 5.54. The van der Waals surface area contributed by atoms with Crippen molar-refractivity contribution in [1.29, 1.82) is 0 Å². The van der Waals surface area contributed by atoms with Gasteiger partial charge in [-0.1, -0.05) is 5.21 Å². The number of aliphatic imine (C=N–C) groups is 1. The van der Waals surface area contributed by atoms with Gasteiger partial charge in [-0.15, -0.1) is 10.2 Å². The molecule has 1 N–H and O–H groups in total. The Kier molecular flexibility index (Phi) is 2.37. The van der Waals surface area contributed by atoms with Gasteiger partial charge in [0.05, 0.1) is 13.6 Å². The van der Waals surface area contributed by atoms with Gasteiger partial charge in [0.1, 0.15) is 0 Å². The molecule has 3 heterocycles. The highest BCUT2D eigenvalue weighted by Gasteiger charge is 2.50. The summed E-state index contributed by atoms with van der Waals surface area (Å²) in [6.45, 7) is -0.0177. The van der Waals surface area contributed by atoms with Gasteiger partial charge in [-0.3, -0.25) is 14.6 Å². The number of urea groups is 1. The van der Waals surface area contributed by atoms with Gasteiger partial charge >= 0.3 is 6.03 Å². The molecule has 10 heteroatoms. The molecule has 0 bridgehead atoms. The predicted molar refractivity (Wildman–Crippen MR) is 61.4 cm³/mol. The van der Waals surface area contributed by atoms with Gasteiger partial charge in [-0.25, -0.2) is 9.37 Å². The van der Waals surface area contributed by atoms with Gasteiger partial charge in [0.2, 0.25) is 0 Å². The molecule has 98 valence electrons. The van der Waals surface area contributed by atoms with Crippen LogP contribution in [0.3, 0.4) is 0 Å². The van der Waals surface area contributed by atoms with Gasteiger partial charge in [0.25, 0.3) is 24.1 Å². The molecule has 0 saturated carbocycles. The van der Waals surface area contributed by atoms with Crippen LogP contribution in [0.1, 0.15) is 5.82 Å². The zero-order valence-corrected chi connectivity index (χ0v) is 10.3. The molecule has 1 aromatic heterocycles. The topological polar surface area (TPSA) is 110 Å². The fourth-order valence-electron chi connectivity index (χ4n) is 2.08. The average molecular weight is 263 g/mol. The Bertz CT molecular complexity index is 604. The number of hydrogen-bond donors (Lipinski definition) is 1. The summed E-state index contributed by atoms with van der Waals surface area (Å²) < 4.78 is 1.66. The molecule has 1 fully saturated rings. The minimum atomic E-state index is -0.574. The van der Waals surface area contributed by atoms with Crippen LogP contribution in [-0.2, 0) is 11.3 Å². The third kappa shape index (κ3) is 1.60. The van der Waals surface area contributed by atoms with E-state index in [1.54, 1.807) is 18.7 Å². The van der Waals surface area contributed by atoms with E-state index >= 15 is 0 Å². The molecule has 10 nitrogen and oxygen atoms in total. The number of hydrogen-bond acceptors (Lipinski definition) is 6. The van der Waals surface area contributed by atoms with Crippen molar-refractivity contribution in [3.05, 3.63) is 5.82 Å². The van der Waals surface area contributed by atoms with Gasteiger partial charge < -0.3 is 0 Å². The number of amidine groups is 1. The lowest BCUT2D eigenvalue weighted by Crippen LogP contribution is -2.62. The number of likely N-dealkylation sites (N-methyl/N-ethyl adjacent to an activating group) is 2. The van der Waals surface area contributed by atoms with Crippen molar-refractivity contribution in [3.8, 4) is 0 Å². The molecule has 0 spiro atoms. The van der Waals surface area contributed by atoms with Crippen molar-refractivity contribution in [2.75, 3.05) is 14.1 Å². The quantitative estimate of drug-likeness (QED) is 0.623. The minimum absolute atomic E-state index is 0.0177. The number of nitrogens with zero attached hydrogens (tertiary/aromatic N) is 7. The van der Waals surface area contributed by atoms with E-state index in [0.29, 0.717) is 5.84 Å². The first kappa shape index (κ1) is 11.4. The first-order valence-electron chi connectivity index (χ1n) is 5.54. The highest BCUT2D eigenvalue weighted by Crippen LogP contribution is 2.18. The fourth-order valence-corrected chi connectivity index (χ4v) is 2.08. The van der Waals surface area contributed by atoms with Crippen LogP contribution < -0.4 is 0 Å². The highest BCUT2D eigenvalue weighted by molar-refractivity contribution is 6.21. The number of rotatable bonds is 2. The normalized spacial score (nSPS) is 22.5. The predicted octanol–water partition coefficient (Wildman–Crippen LogP) is -1.95. The lowest BCUT2D eigenvalue weighted by atomic mass is 10.1. The number of aromatic nitrogens is 4. The van der Waals surface area contributed by atoms with Crippen LogP contribution in [0.25, 0.3) is 0 Å². The fraction of sp³-hybridized carbons (Fsp3) is 0.444. The maximum Gasteiger partial charge on any atom is 0.334 e. The van der Waals surface area contributed by atoms with Gasteiger partial charge in [0.15, 0.2) is 5.82 Å². The van der Waals surface area contributed by atoms with Crippen LogP contribution in [0, 0.1) is 0 Å². The molecule has 1 saturated heterocycles. The van der Waals surface area contributed by atoms with Crippen molar-refractivity contribution < 1.29 is 14.2 Å². The van der Waals surface area contributed by atoms with Crippen molar-refractivity contribution in [2.24, 2.45) is 4.99 Å². The summed E-state index contributed by atoms with van der Waals surface area (Å²) in [4.78, 5) is 31.0. The standard InChI is InChI=1S/C9H11N8O2/c1-15-4-10-7-6(15)8(18)17(9(19)16(7)2)3-5-11-13-14-12-5/h4,6H,3H2,1-2H3,(H,11,12,13,14)/q+1. The molecule has 19 heavy (non-hydrogen) atoms. The van der Waals surface area contributed by atoms with Crippen LogP contribution in [0.5, 0.6) is 0 Å². The second-order valence-corrected chi connectivity index (χ2v) is 4.26. The molecule has 1 atom stereocenters. The second-order valence-electron chi connectivity index (χ2n) is 4.26. The van der Waals surface area contributed by atoms with Crippen LogP contribution in [0.2, 0.25) is 0 Å². The Morgan fingerprint density at radius 1 is 1.47 bits per heavy atom. The van der Waals surface area contributed by atoms with E-state index in [9.17, 15) is 9.59 Å². The Balaban J connectivity index is 1.92. The smallest absolute Gasteiger partial charge is 0.269 e. The third-order valence-electron chi connectivity index (χ3n) is 3.07. The van der Waals surface area contributed by atoms with Crippen molar-refractivity contribution in [1.82, 2.24) is 30.4 Å². The zero-order chi connectivity index (χ0) is 13.6. The molecule has 3 rings (SSSR count). The Morgan fingerprint density at radius 2 is 2.26 bits per heavy atom. The lowest BCUT2D eigenvalue weighted by molar-refractivity contribution is -0.501. The minimum Gasteiger partial charge on any atom is -0.269 e. The number of carbonyl (C=O) groups is 2. The molecule has 0 aliphatic carbocycles. The largest absolute Gasteiger partial charge is 0.334 e. The first-order chi connectivity index (χ1) is 9.09. The summed E-state index contributed by atoms with van der Waals surface area (Å²) in [5.74, 6) is 0.366. The van der Waals surface area contributed by atoms with Gasteiger partial charge in [-0.2, -0.15) is 5.21 Å².